The molecule has 0 heterocycles. The van der Waals surface area contributed by atoms with Gasteiger partial charge in [-0.1, -0.05) is 43.7 Å². The van der Waals surface area contributed by atoms with E-state index in [0.717, 1.165) is 25.7 Å². The predicted molar refractivity (Wildman–Crippen MR) is 75.5 cm³/mol. The number of nitriles is 1. The zero-order chi connectivity index (χ0) is 13.7. The van der Waals surface area contributed by atoms with Crippen molar-refractivity contribution >= 4 is 11.6 Å². The van der Waals surface area contributed by atoms with E-state index in [-0.39, 0.29) is 5.82 Å². The molecule has 0 bridgehead atoms. The van der Waals surface area contributed by atoms with E-state index in [9.17, 15) is 9.65 Å². The van der Waals surface area contributed by atoms with E-state index < -0.39 is 5.41 Å². The van der Waals surface area contributed by atoms with Crippen LogP contribution in [0.25, 0.3) is 0 Å². The minimum atomic E-state index is -0.411. The molecular weight excluding hydrogens is 261 g/mol. The molecule has 0 saturated heterocycles. The monoisotopic (exact) mass is 279 g/mol. The minimum Gasteiger partial charge on any atom is -0.207 e. The lowest BCUT2D eigenvalue weighted by atomic mass is 9.73. The Morgan fingerprint density at radius 2 is 1.79 bits per heavy atom. The van der Waals surface area contributed by atoms with Crippen LogP contribution in [-0.4, -0.2) is 0 Å². The van der Waals surface area contributed by atoms with Gasteiger partial charge in [0, 0.05) is 5.02 Å². The largest absolute Gasteiger partial charge is 0.207 e. The zero-order valence-electron chi connectivity index (χ0n) is 11.1. The van der Waals surface area contributed by atoms with Crippen molar-refractivity contribution in [2.75, 3.05) is 0 Å². The Kier molecular flexibility index (Phi) is 4.82. The average Bonchev–Trinajstić information content (AvgIpc) is 2.37. The summed E-state index contributed by atoms with van der Waals surface area (Å²) in [5.41, 5.74) is 0.168. The van der Waals surface area contributed by atoms with Gasteiger partial charge in [-0.05, 0) is 43.0 Å². The van der Waals surface area contributed by atoms with E-state index in [0.29, 0.717) is 17.0 Å². The average molecular weight is 280 g/mol. The SMILES string of the molecule is N#CC1(Cc2cc(Cl)ccc2F)CCCCCCC1. The molecular formula is C16H19ClFN. The Morgan fingerprint density at radius 1 is 1.16 bits per heavy atom. The third kappa shape index (κ3) is 3.70. The lowest BCUT2D eigenvalue weighted by Gasteiger charge is -2.29. The van der Waals surface area contributed by atoms with Gasteiger partial charge in [0.15, 0.2) is 0 Å². The van der Waals surface area contributed by atoms with Gasteiger partial charge < -0.3 is 0 Å². The fourth-order valence-corrected chi connectivity index (χ4v) is 3.15. The molecule has 1 saturated carbocycles. The number of nitrogens with zero attached hydrogens (tertiary/aromatic N) is 1. The van der Waals surface area contributed by atoms with E-state index in [4.69, 9.17) is 11.6 Å². The van der Waals surface area contributed by atoms with Gasteiger partial charge in [-0.2, -0.15) is 5.26 Å². The molecule has 0 spiro atoms. The van der Waals surface area contributed by atoms with Crippen molar-refractivity contribution in [3.8, 4) is 6.07 Å². The third-order valence-corrected chi connectivity index (χ3v) is 4.32. The lowest BCUT2D eigenvalue weighted by molar-refractivity contribution is 0.284. The number of hydrogen-bond acceptors (Lipinski definition) is 1. The highest BCUT2D eigenvalue weighted by atomic mass is 35.5. The molecule has 1 aliphatic rings. The summed E-state index contributed by atoms with van der Waals surface area (Å²) >= 11 is 5.93. The molecule has 0 aliphatic heterocycles. The van der Waals surface area contributed by atoms with Crippen LogP contribution in [0.15, 0.2) is 18.2 Å². The molecule has 1 fully saturated rings. The van der Waals surface area contributed by atoms with Crippen LogP contribution in [0, 0.1) is 22.6 Å². The van der Waals surface area contributed by atoms with Crippen molar-refractivity contribution in [1.29, 1.82) is 5.26 Å². The Bertz CT molecular complexity index is 470. The molecule has 1 nitrogen and oxygen atoms in total. The molecule has 0 aromatic heterocycles. The maximum absolute atomic E-state index is 13.8. The van der Waals surface area contributed by atoms with Crippen molar-refractivity contribution in [3.05, 3.63) is 34.6 Å². The second-order valence-electron chi connectivity index (χ2n) is 5.57. The van der Waals surface area contributed by atoms with Gasteiger partial charge in [-0.3, -0.25) is 0 Å². The van der Waals surface area contributed by atoms with Crippen LogP contribution in [0.4, 0.5) is 4.39 Å². The number of benzene rings is 1. The van der Waals surface area contributed by atoms with E-state index in [1.807, 2.05) is 0 Å². The molecule has 0 unspecified atom stereocenters. The van der Waals surface area contributed by atoms with E-state index in [1.165, 1.54) is 25.3 Å². The summed E-state index contributed by atoms with van der Waals surface area (Å²) in [6.07, 6.45) is 7.97. The molecule has 1 aromatic rings. The van der Waals surface area contributed by atoms with Crippen LogP contribution in [0.1, 0.15) is 50.5 Å². The van der Waals surface area contributed by atoms with Crippen LogP contribution >= 0.6 is 11.6 Å². The highest BCUT2D eigenvalue weighted by Gasteiger charge is 2.31. The number of rotatable bonds is 2. The predicted octanol–water partition coefficient (Wildman–Crippen LogP) is 5.28. The fourth-order valence-electron chi connectivity index (χ4n) is 2.95. The van der Waals surface area contributed by atoms with Gasteiger partial charge in [0.05, 0.1) is 11.5 Å². The summed E-state index contributed by atoms with van der Waals surface area (Å²) in [6, 6.07) is 7.08. The first-order valence-electron chi connectivity index (χ1n) is 7.00. The Balaban J connectivity index is 2.21. The van der Waals surface area contributed by atoms with Gasteiger partial charge in [0.1, 0.15) is 5.82 Å². The van der Waals surface area contributed by atoms with Crippen molar-refractivity contribution in [2.45, 2.75) is 51.4 Å². The van der Waals surface area contributed by atoms with Crippen LogP contribution in [0.3, 0.4) is 0 Å². The quantitative estimate of drug-likeness (QED) is 0.723. The van der Waals surface area contributed by atoms with Crippen molar-refractivity contribution in [1.82, 2.24) is 0 Å². The summed E-state index contributed by atoms with van der Waals surface area (Å²) in [6.45, 7) is 0. The van der Waals surface area contributed by atoms with Crippen molar-refractivity contribution in [2.24, 2.45) is 5.41 Å². The molecule has 102 valence electrons. The molecule has 0 amide bonds. The smallest absolute Gasteiger partial charge is 0.126 e. The Hall–Kier alpha value is -1.07. The second kappa shape index (κ2) is 6.39. The first kappa shape index (κ1) is 14.3. The molecule has 1 aromatic carbocycles. The first-order chi connectivity index (χ1) is 9.15. The Morgan fingerprint density at radius 3 is 2.42 bits per heavy atom. The van der Waals surface area contributed by atoms with Gasteiger partial charge in [-0.25, -0.2) is 4.39 Å². The van der Waals surface area contributed by atoms with Gasteiger partial charge >= 0.3 is 0 Å². The molecule has 19 heavy (non-hydrogen) atoms. The summed E-state index contributed by atoms with van der Waals surface area (Å²) < 4.78 is 13.8. The van der Waals surface area contributed by atoms with E-state index >= 15 is 0 Å². The molecule has 0 atom stereocenters. The summed E-state index contributed by atoms with van der Waals surface area (Å²) in [4.78, 5) is 0. The normalized spacial score (nSPS) is 19.2. The van der Waals surface area contributed by atoms with Crippen LogP contribution in [0.2, 0.25) is 5.02 Å². The maximum Gasteiger partial charge on any atom is 0.126 e. The molecule has 0 N–H and O–H groups in total. The zero-order valence-corrected chi connectivity index (χ0v) is 11.8. The standard InChI is InChI=1S/C16H19ClFN/c17-14-6-7-15(18)13(10-14)11-16(12-19)8-4-2-1-3-5-9-16/h6-7,10H,1-5,8-9,11H2. The minimum absolute atomic E-state index is 0.249. The van der Waals surface area contributed by atoms with Gasteiger partial charge in [0.2, 0.25) is 0 Å². The molecule has 1 aliphatic carbocycles. The van der Waals surface area contributed by atoms with E-state index in [1.54, 1.807) is 12.1 Å². The fraction of sp³-hybridized carbons (Fsp3) is 0.562. The topological polar surface area (TPSA) is 23.8 Å². The molecule has 0 radical (unpaired) electrons. The maximum atomic E-state index is 13.8. The summed E-state index contributed by atoms with van der Waals surface area (Å²) in [5.74, 6) is -0.249. The van der Waals surface area contributed by atoms with Gasteiger partial charge in [0.25, 0.3) is 0 Å². The highest BCUT2D eigenvalue weighted by molar-refractivity contribution is 6.30. The first-order valence-corrected chi connectivity index (χ1v) is 7.38. The van der Waals surface area contributed by atoms with Crippen LogP contribution in [0.5, 0.6) is 0 Å². The van der Waals surface area contributed by atoms with Crippen LogP contribution in [-0.2, 0) is 6.42 Å². The van der Waals surface area contributed by atoms with E-state index in [2.05, 4.69) is 6.07 Å². The third-order valence-electron chi connectivity index (χ3n) is 4.08. The van der Waals surface area contributed by atoms with Crippen molar-refractivity contribution < 1.29 is 4.39 Å². The second-order valence-corrected chi connectivity index (χ2v) is 6.01. The lowest BCUT2D eigenvalue weighted by Crippen LogP contribution is -2.23. The summed E-state index contributed by atoms with van der Waals surface area (Å²) in [5, 5.41) is 10.1. The van der Waals surface area contributed by atoms with Crippen LogP contribution < -0.4 is 0 Å². The molecule has 3 heteroatoms. The molecule has 2 rings (SSSR count). The van der Waals surface area contributed by atoms with Crippen molar-refractivity contribution in [3.63, 3.8) is 0 Å². The Labute approximate surface area is 119 Å². The number of halogens is 2. The number of hydrogen-bond donors (Lipinski definition) is 0. The van der Waals surface area contributed by atoms with Gasteiger partial charge in [-0.15, -0.1) is 0 Å². The summed E-state index contributed by atoms with van der Waals surface area (Å²) in [7, 11) is 0. The highest BCUT2D eigenvalue weighted by Crippen LogP contribution is 2.37.